The van der Waals surface area contributed by atoms with Gasteiger partial charge in [0, 0.05) is 29.1 Å². The van der Waals surface area contributed by atoms with E-state index in [4.69, 9.17) is 15.2 Å². The Hall–Kier alpha value is -4.38. The van der Waals surface area contributed by atoms with Gasteiger partial charge in [0.25, 0.3) is 0 Å². The van der Waals surface area contributed by atoms with Gasteiger partial charge in [0.15, 0.2) is 11.5 Å². The van der Waals surface area contributed by atoms with Crippen LogP contribution in [0.25, 0.3) is 0 Å². The normalized spacial score (nSPS) is 17.0. The molecular weight excluding hydrogens is 486 g/mol. The highest BCUT2D eigenvalue weighted by atomic mass is 19.3. The lowest BCUT2D eigenvalue weighted by molar-refractivity contribution is -0.0512. The summed E-state index contributed by atoms with van der Waals surface area (Å²) in [5.74, 6) is -0.770. The molecule has 4 rings (SSSR count). The van der Waals surface area contributed by atoms with Crippen LogP contribution in [0.3, 0.4) is 0 Å². The lowest BCUT2D eigenvalue weighted by Crippen LogP contribution is -2.61. The first-order valence-corrected chi connectivity index (χ1v) is 11.3. The molecule has 1 aliphatic heterocycles. The zero-order valence-corrected chi connectivity index (χ0v) is 20.0. The summed E-state index contributed by atoms with van der Waals surface area (Å²) in [7, 11) is 1.30. The van der Waals surface area contributed by atoms with Crippen LogP contribution in [0, 0.1) is 0 Å². The summed E-state index contributed by atoms with van der Waals surface area (Å²) >= 11 is 0. The minimum absolute atomic E-state index is 0.0220. The van der Waals surface area contributed by atoms with Gasteiger partial charge in [-0.15, -0.1) is 0 Å². The maximum atomic E-state index is 13.8. The van der Waals surface area contributed by atoms with Gasteiger partial charge in [-0.2, -0.15) is 18.9 Å². The van der Waals surface area contributed by atoms with Gasteiger partial charge < -0.3 is 14.2 Å². The summed E-state index contributed by atoms with van der Waals surface area (Å²) in [5.41, 5.74) is 5.81. The van der Waals surface area contributed by atoms with Crippen molar-refractivity contribution in [3.8, 4) is 11.5 Å². The average molecular weight is 510 g/mol. The quantitative estimate of drug-likeness (QED) is 0.426. The molecule has 0 spiro atoms. The third-order valence-corrected chi connectivity index (χ3v) is 5.81. The molecular formula is C26H24F2N4O5. The predicted octanol–water partition coefficient (Wildman–Crippen LogP) is 4.32. The van der Waals surface area contributed by atoms with Crippen molar-refractivity contribution in [1.82, 2.24) is 9.99 Å². The molecule has 0 fully saturated rings. The molecule has 192 valence electrons. The number of ether oxygens (including phenoxy) is 3. The molecule has 0 aliphatic carbocycles. The van der Waals surface area contributed by atoms with E-state index in [-0.39, 0.29) is 22.8 Å². The van der Waals surface area contributed by atoms with Crippen LogP contribution in [0.5, 0.6) is 11.5 Å². The fourth-order valence-electron chi connectivity index (χ4n) is 3.97. The Bertz CT molecular complexity index is 1310. The molecule has 0 bridgehead atoms. The molecule has 2 atom stereocenters. The molecule has 9 nitrogen and oxygen atoms in total. The Morgan fingerprint density at radius 1 is 1.14 bits per heavy atom. The van der Waals surface area contributed by atoms with E-state index in [0.717, 1.165) is 5.01 Å². The van der Waals surface area contributed by atoms with Crippen molar-refractivity contribution in [2.24, 2.45) is 10.8 Å². The highest BCUT2D eigenvalue weighted by molar-refractivity contribution is 6.09. The molecule has 2 heterocycles. The number of methoxy groups -OCH3 is 1. The van der Waals surface area contributed by atoms with E-state index < -0.39 is 30.3 Å². The number of rotatable bonds is 9. The van der Waals surface area contributed by atoms with Crippen LogP contribution in [0.15, 0.2) is 78.2 Å². The fourth-order valence-corrected chi connectivity index (χ4v) is 3.97. The number of cyclic esters (lactones) is 1. The number of halogens is 2. The van der Waals surface area contributed by atoms with Crippen molar-refractivity contribution in [3.63, 3.8) is 0 Å². The average Bonchev–Trinajstić information content (AvgIpc) is 2.93. The van der Waals surface area contributed by atoms with E-state index in [1.165, 1.54) is 49.8 Å². The van der Waals surface area contributed by atoms with Crippen molar-refractivity contribution in [2.45, 2.75) is 31.7 Å². The summed E-state index contributed by atoms with van der Waals surface area (Å²) in [6.07, 6.45) is 1.49. The van der Waals surface area contributed by atoms with Crippen molar-refractivity contribution in [1.29, 1.82) is 0 Å². The molecule has 1 aliphatic rings. The highest BCUT2D eigenvalue weighted by Crippen LogP contribution is 2.34. The summed E-state index contributed by atoms with van der Waals surface area (Å²) in [6, 6.07) is 15.5. The van der Waals surface area contributed by atoms with Gasteiger partial charge in [-0.25, -0.2) is 4.79 Å². The van der Waals surface area contributed by atoms with Gasteiger partial charge in [-0.1, -0.05) is 37.3 Å². The highest BCUT2D eigenvalue weighted by Gasteiger charge is 2.49. The zero-order valence-electron chi connectivity index (χ0n) is 20.0. The third-order valence-electron chi connectivity index (χ3n) is 5.81. The monoisotopic (exact) mass is 510 g/mol. The second-order valence-electron chi connectivity index (χ2n) is 8.02. The number of carbonyl (C=O) groups is 2. The first kappa shape index (κ1) is 25.7. The van der Waals surface area contributed by atoms with Crippen molar-refractivity contribution < 1.29 is 32.6 Å². The van der Waals surface area contributed by atoms with E-state index in [2.05, 4.69) is 14.8 Å². The van der Waals surface area contributed by atoms with Crippen LogP contribution < -0.4 is 15.2 Å². The maximum absolute atomic E-state index is 13.8. The van der Waals surface area contributed by atoms with Gasteiger partial charge >= 0.3 is 12.7 Å². The number of amides is 1. The number of hydrogen-bond donors (Lipinski definition) is 1. The topological polar surface area (TPSA) is 116 Å². The van der Waals surface area contributed by atoms with Crippen LogP contribution in [0.1, 0.15) is 34.8 Å². The van der Waals surface area contributed by atoms with Crippen LogP contribution in [0.4, 0.5) is 13.6 Å². The number of hydrazone groups is 1. The number of Topliss-reactive ketones (excluding diaryl/α,β-unsaturated/α-hetero) is 1. The molecule has 1 aromatic heterocycles. The molecule has 1 amide bonds. The number of benzene rings is 2. The summed E-state index contributed by atoms with van der Waals surface area (Å²) in [5, 5.41) is 5.32. The minimum Gasteiger partial charge on any atom is -0.493 e. The predicted molar refractivity (Wildman–Crippen MR) is 129 cm³/mol. The minimum atomic E-state index is -3.05. The molecule has 0 saturated heterocycles. The van der Waals surface area contributed by atoms with Crippen molar-refractivity contribution >= 4 is 17.6 Å². The first-order chi connectivity index (χ1) is 17.8. The van der Waals surface area contributed by atoms with E-state index in [1.54, 1.807) is 37.3 Å². The zero-order chi connectivity index (χ0) is 26.6. The lowest BCUT2D eigenvalue weighted by Gasteiger charge is -2.39. The van der Waals surface area contributed by atoms with Crippen molar-refractivity contribution in [2.75, 3.05) is 7.11 Å². The van der Waals surface area contributed by atoms with Gasteiger partial charge in [-0.05, 0) is 36.8 Å². The van der Waals surface area contributed by atoms with E-state index in [0.29, 0.717) is 17.5 Å². The molecule has 0 radical (unpaired) electrons. The molecule has 3 aromatic rings. The maximum Gasteiger partial charge on any atom is 0.433 e. The number of alkyl halides is 2. The van der Waals surface area contributed by atoms with Gasteiger partial charge in [-0.3, -0.25) is 15.5 Å². The number of nitrogens with zero attached hydrogens (tertiary/aromatic N) is 3. The smallest absolute Gasteiger partial charge is 0.433 e. The van der Waals surface area contributed by atoms with Gasteiger partial charge in [0.2, 0.25) is 11.4 Å². The van der Waals surface area contributed by atoms with Crippen LogP contribution in [-0.2, 0) is 10.4 Å². The molecule has 2 N–H and O–H groups in total. The summed E-state index contributed by atoms with van der Waals surface area (Å²) in [4.78, 5) is 30.9. The number of aromatic nitrogens is 1. The Labute approximate surface area is 211 Å². The first-order valence-electron chi connectivity index (χ1n) is 11.3. The number of nitrogens with two attached hydrogens (primary N) is 1. The second kappa shape index (κ2) is 10.7. The number of hydrogen-bond acceptors (Lipinski definition) is 8. The summed E-state index contributed by atoms with van der Waals surface area (Å²) in [6.45, 7) is -1.27. The molecule has 2 unspecified atom stereocenters. The number of carbonyl (C=O) groups excluding carboxylic acids is 2. The Kier molecular flexibility index (Phi) is 7.44. The SMILES string of the molecule is CCC1OC(=O)N(C(N)(C(=O)c2ccncc2)c2ccccc2)N=C1c1ccc(OC(F)F)c(OC)c1. The fraction of sp³-hybridized carbons (Fsp3) is 0.231. The van der Waals surface area contributed by atoms with E-state index >= 15 is 0 Å². The Morgan fingerprint density at radius 3 is 2.46 bits per heavy atom. The lowest BCUT2D eigenvalue weighted by atomic mass is 9.90. The van der Waals surface area contributed by atoms with Crippen LogP contribution in [-0.4, -0.2) is 47.4 Å². The Morgan fingerprint density at radius 2 is 1.84 bits per heavy atom. The third kappa shape index (κ3) is 4.98. The molecule has 2 aromatic carbocycles. The number of pyridine rings is 1. The summed E-state index contributed by atoms with van der Waals surface area (Å²) < 4.78 is 41.0. The molecule has 11 heteroatoms. The van der Waals surface area contributed by atoms with Gasteiger partial charge in [0.1, 0.15) is 11.8 Å². The Balaban J connectivity index is 1.87. The van der Waals surface area contributed by atoms with Crippen LogP contribution in [0.2, 0.25) is 0 Å². The second-order valence-corrected chi connectivity index (χ2v) is 8.02. The molecule has 37 heavy (non-hydrogen) atoms. The van der Waals surface area contributed by atoms with Gasteiger partial charge in [0.05, 0.1) is 7.11 Å². The van der Waals surface area contributed by atoms with E-state index in [9.17, 15) is 18.4 Å². The number of ketones is 1. The molecule has 0 saturated carbocycles. The van der Waals surface area contributed by atoms with Crippen molar-refractivity contribution in [3.05, 3.63) is 89.7 Å². The van der Waals surface area contributed by atoms with E-state index in [1.807, 2.05) is 0 Å². The van der Waals surface area contributed by atoms with Crippen LogP contribution >= 0.6 is 0 Å². The largest absolute Gasteiger partial charge is 0.493 e. The standard InChI is InChI=1S/C26H24F2N4O5/c1-3-19-22(17-9-10-20(36-24(27)28)21(15-17)35-2)31-32(25(34)37-19)26(29,18-7-5-4-6-8-18)23(33)16-11-13-30-14-12-16/h4-15,19,24H,3,29H2,1-2H3.